The number of carbonyl (C=O) groups excluding carboxylic acids is 1. The monoisotopic (exact) mass is 401 g/mol. The van der Waals surface area contributed by atoms with Gasteiger partial charge >= 0.3 is 0 Å². The fraction of sp³-hybridized carbons (Fsp3) is 0.538. The highest BCUT2D eigenvalue weighted by molar-refractivity contribution is 5.80. The van der Waals surface area contributed by atoms with E-state index in [2.05, 4.69) is 53.1 Å². The van der Waals surface area contributed by atoms with Gasteiger partial charge in [0, 0.05) is 43.1 Å². The first-order valence-electron chi connectivity index (χ1n) is 11.8. The Morgan fingerprint density at radius 2 is 1.87 bits per heavy atom. The summed E-state index contributed by atoms with van der Waals surface area (Å²) >= 11 is 0. The van der Waals surface area contributed by atoms with Crippen LogP contribution in [0.15, 0.2) is 36.4 Å². The predicted octanol–water partition coefficient (Wildman–Crippen LogP) is 4.31. The van der Waals surface area contributed by atoms with Crippen molar-refractivity contribution in [3.8, 4) is 0 Å². The molecule has 4 aliphatic rings. The van der Waals surface area contributed by atoms with Crippen LogP contribution in [0.25, 0.3) is 0 Å². The van der Waals surface area contributed by atoms with Crippen LogP contribution < -0.4 is 4.90 Å². The van der Waals surface area contributed by atoms with Crippen molar-refractivity contribution in [3.63, 3.8) is 0 Å². The van der Waals surface area contributed by atoms with Gasteiger partial charge in [-0.15, -0.1) is 0 Å². The van der Waals surface area contributed by atoms with Crippen LogP contribution in [0.1, 0.15) is 54.1 Å². The summed E-state index contributed by atoms with van der Waals surface area (Å²) in [7, 11) is 0. The molecule has 2 saturated heterocycles. The van der Waals surface area contributed by atoms with E-state index in [4.69, 9.17) is 4.98 Å². The van der Waals surface area contributed by atoms with Gasteiger partial charge in [-0.2, -0.15) is 0 Å². The number of aromatic nitrogens is 1. The van der Waals surface area contributed by atoms with E-state index in [1.807, 2.05) is 0 Å². The molecule has 3 fully saturated rings. The third kappa shape index (κ3) is 2.87. The molecule has 2 aromatic rings. The molecule has 4 heteroatoms. The zero-order valence-electron chi connectivity index (χ0n) is 17.9. The molecular weight excluding hydrogens is 370 g/mol. The molecule has 1 saturated carbocycles. The molecule has 0 spiro atoms. The maximum atomic E-state index is 13.3. The van der Waals surface area contributed by atoms with E-state index in [9.17, 15) is 4.79 Å². The van der Waals surface area contributed by atoms with E-state index in [1.165, 1.54) is 41.6 Å². The highest BCUT2D eigenvalue weighted by Crippen LogP contribution is 2.48. The van der Waals surface area contributed by atoms with E-state index in [0.29, 0.717) is 17.7 Å². The summed E-state index contributed by atoms with van der Waals surface area (Å²) in [5.41, 5.74) is 5.40. The SMILES string of the molecule is Cc1ccccc1[C@@H]1[C@H]2CN(c3ccc4c(n3)CCC4)C[C@H]2CN1C(=O)C1CCC1. The van der Waals surface area contributed by atoms with E-state index >= 15 is 0 Å². The minimum absolute atomic E-state index is 0.212. The van der Waals surface area contributed by atoms with Gasteiger partial charge in [-0.1, -0.05) is 36.8 Å². The maximum Gasteiger partial charge on any atom is 0.226 e. The average Bonchev–Trinajstić information content (AvgIpc) is 3.40. The highest BCUT2D eigenvalue weighted by atomic mass is 16.2. The van der Waals surface area contributed by atoms with Crippen LogP contribution in [0, 0.1) is 24.7 Å². The first kappa shape index (κ1) is 18.4. The van der Waals surface area contributed by atoms with E-state index in [1.54, 1.807) is 0 Å². The maximum absolute atomic E-state index is 13.3. The number of likely N-dealkylation sites (tertiary alicyclic amines) is 1. The van der Waals surface area contributed by atoms with Gasteiger partial charge in [0.2, 0.25) is 5.91 Å². The fourth-order valence-corrected chi connectivity index (χ4v) is 6.25. The quantitative estimate of drug-likeness (QED) is 0.769. The summed E-state index contributed by atoms with van der Waals surface area (Å²) in [6.45, 7) is 5.13. The van der Waals surface area contributed by atoms with Gasteiger partial charge < -0.3 is 9.80 Å². The second-order valence-corrected chi connectivity index (χ2v) is 9.88. The lowest BCUT2D eigenvalue weighted by atomic mass is 9.83. The Balaban J connectivity index is 1.30. The topological polar surface area (TPSA) is 36.4 Å². The zero-order chi connectivity index (χ0) is 20.2. The second-order valence-electron chi connectivity index (χ2n) is 9.88. The van der Waals surface area contributed by atoms with Crippen molar-refractivity contribution in [2.45, 2.75) is 51.5 Å². The summed E-state index contributed by atoms with van der Waals surface area (Å²) in [6, 6.07) is 13.4. The molecule has 3 heterocycles. The molecular formula is C26H31N3O. The molecule has 4 nitrogen and oxygen atoms in total. The lowest BCUT2D eigenvalue weighted by Crippen LogP contribution is -2.41. The van der Waals surface area contributed by atoms with E-state index in [-0.39, 0.29) is 12.0 Å². The minimum Gasteiger partial charge on any atom is -0.356 e. The second kappa shape index (κ2) is 7.11. The number of amides is 1. The standard InChI is InChI=1S/C26H31N3O/c1-17-6-2-3-10-21(17)25-22-16-28(24-13-12-18-7-5-11-23(18)27-24)14-20(22)15-29(25)26(30)19-8-4-9-19/h2-3,6,10,12-13,19-20,22,25H,4-5,7-9,11,14-16H2,1H3/t20-,22-,25+/m0/s1. The van der Waals surface area contributed by atoms with Crippen LogP contribution in [0.5, 0.6) is 0 Å². The first-order valence-corrected chi connectivity index (χ1v) is 11.8. The Bertz CT molecular complexity index is 982. The van der Waals surface area contributed by atoms with Gasteiger partial charge in [-0.3, -0.25) is 4.79 Å². The molecule has 30 heavy (non-hydrogen) atoms. The number of fused-ring (bicyclic) bond motifs is 2. The molecule has 3 atom stereocenters. The molecule has 0 radical (unpaired) electrons. The van der Waals surface area contributed by atoms with Crippen LogP contribution in [-0.4, -0.2) is 35.4 Å². The van der Waals surface area contributed by atoms with Gasteiger partial charge in [0.05, 0.1) is 6.04 Å². The lowest BCUT2D eigenvalue weighted by molar-refractivity contribution is -0.139. The average molecular weight is 402 g/mol. The van der Waals surface area contributed by atoms with Crippen molar-refractivity contribution < 1.29 is 4.79 Å². The summed E-state index contributed by atoms with van der Waals surface area (Å²) in [4.78, 5) is 23.1. The normalized spacial score (nSPS) is 27.8. The van der Waals surface area contributed by atoms with Gasteiger partial charge in [-0.25, -0.2) is 4.98 Å². The zero-order valence-corrected chi connectivity index (χ0v) is 17.9. The summed E-state index contributed by atoms with van der Waals surface area (Å²) < 4.78 is 0. The van der Waals surface area contributed by atoms with Crippen LogP contribution >= 0.6 is 0 Å². The van der Waals surface area contributed by atoms with Gasteiger partial charge in [-0.05, 0) is 61.8 Å². The van der Waals surface area contributed by atoms with Crippen LogP contribution in [0.3, 0.4) is 0 Å². The Hall–Kier alpha value is -2.36. The number of rotatable bonds is 3. The van der Waals surface area contributed by atoms with Crippen molar-refractivity contribution in [1.29, 1.82) is 0 Å². The Labute approximate surface area is 179 Å². The van der Waals surface area contributed by atoms with Crippen molar-refractivity contribution >= 4 is 11.7 Å². The number of anilines is 1. The van der Waals surface area contributed by atoms with Crippen LogP contribution in [0.4, 0.5) is 5.82 Å². The van der Waals surface area contributed by atoms with Crippen molar-refractivity contribution in [2.24, 2.45) is 17.8 Å². The van der Waals surface area contributed by atoms with Gasteiger partial charge in [0.15, 0.2) is 0 Å². The molecule has 2 aliphatic carbocycles. The predicted molar refractivity (Wildman–Crippen MR) is 118 cm³/mol. The van der Waals surface area contributed by atoms with Crippen molar-refractivity contribution in [1.82, 2.24) is 9.88 Å². The number of pyridine rings is 1. The molecule has 1 amide bonds. The van der Waals surface area contributed by atoms with Crippen molar-refractivity contribution in [2.75, 3.05) is 24.5 Å². The molecule has 0 bridgehead atoms. The molecule has 6 rings (SSSR count). The summed E-state index contributed by atoms with van der Waals surface area (Å²) in [6.07, 6.45) is 6.92. The minimum atomic E-state index is 0.212. The molecule has 1 aromatic carbocycles. The van der Waals surface area contributed by atoms with Gasteiger partial charge in [0.25, 0.3) is 0 Å². The van der Waals surface area contributed by atoms with Gasteiger partial charge in [0.1, 0.15) is 5.82 Å². The number of carbonyl (C=O) groups is 1. The number of benzene rings is 1. The lowest BCUT2D eigenvalue weighted by Gasteiger charge is -2.36. The number of hydrogen-bond donors (Lipinski definition) is 0. The first-order chi connectivity index (χ1) is 14.7. The molecule has 156 valence electrons. The molecule has 0 unspecified atom stereocenters. The molecule has 0 N–H and O–H groups in total. The Morgan fingerprint density at radius 3 is 2.67 bits per heavy atom. The molecule has 1 aromatic heterocycles. The Kier molecular flexibility index (Phi) is 4.36. The molecule has 2 aliphatic heterocycles. The summed E-state index contributed by atoms with van der Waals surface area (Å²) in [5.74, 6) is 2.85. The van der Waals surface area contributed by atoms with Crippen molar-refractivity contribution in [3.05, 3.63) is 58.8 Å². The summed E-state index contributed by atoms with van der Waals surface area (Å²) in [5, 5.41) is 0. The van der Waals surface area contributed by atoms with E-state index < -0.39 is 0 Å². The number of hydrogen-bond acceptors (Lipinski definition) is 3. The number of aryl methyl sites for hydroxylation is 3. The van der Waals surface area contributed by atoms with E-state index in [0.717, 1.165) is 44.7 Å². The third-order valence-corrected chi connectivity index (χ3v) is 8.15. The van der Waals surface area contributed by atoms with Crippen LogP contribution in [-0.2, 0) is 17.6 Å². The Morgan fingerprint density at radius 1 is 1.00 bits per heavy atom. The highest BCUT2D eigenvalue weighted by Gasteiger charge is 2.51. The smallest absolute Gasteiger partial charge is 0.226 e. The fourth-order valence-electron chi connectivity index (χ4n) is 6.25. The largest absolute Gasteiger partial charge is 0.356 e. The van der Waals surface area contributed by atoms with Crippen LogP contribution in [0.2, 0.25) is 0 Å². The third-order valence-electron chi connectivity index (χ3n) is 8.15. The number of nitrogens with zero attached hydrogens (tertiary/aromatic N) is 3.